The molecule has 0 saturated heterocycles. The number of aromatic carboxylic acids is 1. The Kier molecular flexibility index (Phi) is 5.40. The number of nitrogens with one attached hydrogen (secondary N) is 1. The number of benzene rings is 2. The van der Waals surface area contributed by atoms with Gasteiger partial charge in [0, 0.05) is 22.7 Å². The molecule has 0 aliphatic rings. The monoisotopic (exact) mass is 513 g/mol. The maximum atomic E-state index is 13.6. The lowest BCUT2D eigenvalue weighted by atomic mass is 10.0. The van der Waals surface area contributed by atoms with E-state index in [1.54, 1.807) is 5.38 Å². The van der Waals surface area contributed by atoms with Crippen molar-refractivity contribution in [3.63, 3.8) is 0 Å². The van der Waals surface area contributed by atoms with Gasteiger partial charge in [-0.2, -0.15) is 13.2 Å². The third-order valence-corrected chi connectivity index (χ3v) is 7.03. The van der Waals surface area contributed by atoms with E-state index in [1.165, 1.54) is 16.0 Å². The fraction of sp³-hybridized carbons (Fsp3) is 0.160. The topological polar surface area (TPSA) is 97.1 Å². The van der Waals surface area contributed by atoms with Gasteiger partial charge in [0.2, 0.25) is 0 Å². The van der Waals surface area contributed by atoms with E-state index in [0.717, 1.165) is 40.2 Å². The molecular formula is C25H18F3N3O4S. The zero-order valence-electron chi connectivity index (χ0n) is 18.9. The Balaban J connectivity index is 1.95. The van der Waals surface area contributed by atoms with E-state index < -0.39 is 40.3 Å². The Morgan fingerprint density at radius 3 is 2.39 bits per heavy atom. The molecule has 0 fully saturated rings. The van der Waals surface area contributed by atoms with Crippen LogP contribution in [0.15, 0.2) is 56.7 Å². The van der Waals surface area contributed by atoms with E-state index in [0.29, 0.717) is 4.57 Å². The first-order valence-electron chi connectivity index (χ1n) is 10.7. The van der Waals surface area contributed by atoms with Crippen LogP contribution in [0.1, 0.15) is 32.7 Å². The van der Waals surface area contributed by atoms with Gasteiger partial charge in [-0.25, -0.2) is 14.2 Å². The van der Waals surface area contributed by atoms with Crippen LogP contribution >= 0.6 is 11.3 Å². The lowest BCUT2D eigenvalue weighted by Gasteiger charge is -2.14. The summed E-state index contributed by atoms with van der Waals surface area (Å²) in [4.78, 5) is 41.4. The molecule has 0 aliphatic carbocycles. The third kappa shape index (κ3) is 3.63. The molecule has 0 aliphatic heterocycles. The van der Waals surface area contributed by atoms with Crippen LogP contribution in [0.4, 0.5) is 13.2 Å². The van der Waals surface area contributed by atoms with Crippen LogP contribution in [0.2, 0.25) is 0 Å². The van der Waals surface area contributed by atoms with Crippen molar-refractivity contribution in [3.05, 3.63) is 95.9 Å². The van der Waals surface area contributed by atoms with Gasteiger partial charge in [0.15, 0.2) is 5.69 Å². The zero-order valence-corrected chi connectivity index (χ0v) is 19.8. The molecule has 7 nitrogen and oxygen atoms in total. The molecule has 184 valence electrons. The smallest absolute Gasteiger partial charge is 0.416 e. The van der Waals surface area contributed by atoms with Crippen LogP contribution in [0.5, 0.6) is 0 Å². The van der Waals surface area contributed by atoms with Crippen molar-refractivity contribution in [2.75, 3.05) is 0 Å². The Bertz CT molecular complexity index is 1790. The van der Waals surface area contributed by atoms with Gasteiger partial charge >= 0.3 is 17.8 Å². The minimum atomic E-state index is -4.72. The van der Waals surface area contributed by atoms with Crippen molar-refractivity contribution in [1.82, 2.24) is 14.1 Å². The lowest BCUT2D eigenvalue weighted by Crippen LogP contribution is -2.34. The highest BCUT2D eigenvalue weighted by Crippen LogP contribution is 2.36. The number of hydrogen-bond donors (Lipinski definition) is 2. The molecule has 0 bridgehead atoms. The minimum Gasteiger partial charge on any atom is -0.477 e. The average Bonchev–Trinajstić information content (AvgIpc) is 3.38. The SMILES string of the molecule is Cc1cccc(C)c1Cn1c(C(=O)O)c(-n2c(=O)[nH]c3cscc3c2=O)c2cc(C(F)(F)F)ccc21. The quantitative estimate of drug-likeness (QED) is 0.350. The number of carboxylic acid groups (broad SMARTS) is 1. The normalized spacial score (nSPS) is 12.0. The Morgan fingerprint density at radius 2 is 1.75 bits per heavy atom. The van der Waals surface area contributed by atoms with Crippen LogP contribution in [-0.4, -0.2) is 25.2 Å². The van der Waals surface area contributed by atoms with Gasteiger partial charge < -0.3 is 14.7 Å². The molecule has 0 atom stereocenters. The summed E-state index contributed by atoms with van der Waals surface area (Å²) < 4.78 is 42.9. The Morgan fingerprint density at radius 1 is 1.06 bits per heavy atom. The molecule has 2 N–H and O–H groups in total. The lowest BCUT2D eigenvalue weighted by molar-refractivity contribution is -0.137. The van der Waals surface area contributed by atoms with Gasteiger partial charge in [-0.1, -0.05) is 18.2 Å². The van der Waals surface area contributed by atoms with Crippen molar-refractivity contribution >= 4 is 39.1 Å². The summed E-state index contributed by atoms with van der Waals surface area (Å²) >= 11 is 1.16. The van der Waals surface area contributed by atoms with Gasteiger partial charge in [-0.15, -0.1) is 11.3 Å². The second-order valence-electron chi connectivity index (χ2n) is 8.46. The van der Waals surface area contributed by atoms with E-state index in [4.69, 9.17) is 0 Å². The average molecular weight is 513 g/mol. The summed E-state index contributed by atoms with van der Waals surface area (Å²) in [5, 5.41) is 13.2. The summed E-state index contributed by atoms with van der Waals surface area (Å²) in [5.74, 6) is -1.49. The van der Waals surface area contributed by atoms with Crippen LogP contribution < -0.4 is 11.2 Å². The predicted molar refractivity (Wildman–Crippen MR) is 131 cm³/mol. The number of thiophene rings is 1. The molecule has 11 heteroatoms. The van der Waals surface area contributed by atoms with E-state index in [2.05, 4.69) is 4.98 Å². The highest BCUT2D eigenvalue weighted by atomic mass is 32.1. The highest BCUT2D eigenvalue weighted by Gasteiger charge is 2.33. The van der Waals surface area contributed by atoms with Gasteiger partial charge in [-0.05, 0) is 48.7 Å². The number of carboxylic acids is 1. The first-order valence-corrected chi connectivity index (χ1v) is 11.7. The molecule has 0 saturated carbocycles. The fourth-order valence-corrected chi connectivity index (χ4v) is 5.28. The number of alkyl halides is 3. The van der Waals surface area contributed by atoms with E-state index in [9.17, 15) is 32.7 Å². The van der Waals surface area contributed by atoms with E-state index in [-0.39, 0.29) is 28.4 Å². The van der Waals surface area contributed by atoms with E-state index in [1.807, 2.05) is 32.0 Å². The first kappa shape index (κ1) is 23.6. The number of nitrogens with zero attached hydrogens (tertiary/aromatic N) is 2. The summed E-state index contributed by atoms with van der Waals surface area (Å²) in [7, 11) is 0. The summed E-state index contributed by atoms with van der Waals surface area (Å²) in [6.45, 7) is 3.70. The fourth-order valence-electron chi connectivity index (χ4n) is 4.52. The van der Waals surface area contributed by atoms with Gasteiger partial charge in [0.1, 0.15) is 0 Å². The third-order valence-electron chi connectivity index (χ3n) is 6.29. The summed E-state index contributed by atoms with van der Waals surface area (Å²) in [5.41, 5.74) is -0.765. The molecule has 36 heavy (non-hydrogen) atoms. The molecule has 3 heterocycles. The first-order chi connectivity index (χ1) is 17.0. The van der Waals surface area contributed by atoms with Crippen molar-refractivity contribution in [2.24, 2.45) is 0 Å². The van der Waals surface area contributed by atoms with Crippen LogP contribution in [0.3, 0.4) is 0 Å². The molecule has 0 radical (unpaired) electrons. The zero-order chi connectivity index (χ0) is 25.9. The number of aromatic amines is 1. The van der Waals surface area contributed by atoms with Gasteiger partial charge in [0.25, 0.3) is 5.56 Å². The summed E-state index contributed by atoms with van der Waals surface area (Å²) in [6.07, 6.45) is -4.72. The number of halogens is 3. The van der Waals surface area contributed by atoms with Crippen LogP contribution in [0.25, 0.3) is 27.5 Å². The number of aromatic nitrogens is 3. The molecule has 3 aromatic heterocycles. The largest absolute Gasteiger partial charge is 0.477 e. The van der Waals surface area contributed by atoms with Crippen molar-refractivity contribution in [2.45, 2.75) is 26.6 Å². The number of carbonyl (C=O) groups is 1. The maximum absolute atomic E-state index is 13.6. The molecule has 0 spiro atoms. The number of fused-ring (bicyclic) bond motifs is 2. The second-order valence-corrected chi connectivity index (χ2v) is 9.20. The molecule has 0 unspecified atom stereocenters. The van der Waals surface area contributed by atoms with Crippen LogP contribution in [-0.2, 0) is 12.7 Å². The standard InChI is InChI=1S/C25H18F3N3O4S/c1-12-4-3-5-13(2)16(12)9-30-19-7-6-14(25(26,27)28)8-15(19)20(21(30)23(33)34)31-22(32)17-10-36-11-18(17)29-24(31)35/h3-8,10-11H,9H2,1-2H3,(H,29,35)(H,33,34). The van der Waals surface area contributed by atoms with Crippen molar-refractivity contribution in [1.29, 1.82) is 0 Å². The number of rotatable bonds is 4. The molecule has 5 aromatic rings. The second kappa shape index (κ2) is 8.23. The van der Waals surface area contributed by atoms with Crippen molar-refractivity contribution in [3.8, 4) is 5.69 Å². The number of aryl methyl sites for hydroxylation is 2. The van der Waals surface area contributed by atoms with Crippen molar-refractivity contribution < 1.29 is 23.1 Å². The maximum Gasteiger partial charge on any atom is 0.416 e. The Labute approximate surface area is 204 Å². The highest BCUT2D eigenvalue weighted by molar-refractivity contribution is 7.09. The summed E-state index contributed by atoms with van der Waals surface area (Å²) in [6, 6.07) is 8.34. The molecule has 2 aromatic carbocycles. The van der Waals surface area contributed by atoms with E-state index >= 15 is 0 Å². The van der Waals surface area contributed by atoms with Gasteiger partial charge in [0.05, 0.1) is 27.7 Å². The Hall–Kier alpha value is -4.12. The predicted octanol–water partition coefficient (Wildman–Crippen LogP) is 5.08. The molecule has 5 rings (SSSR count). The molecule has 0 amide bonds. The molecular weight excluding hydrogens is 495 g/mol. The minimum absolute atomic E-state index is 0.00928. The van der Waals surface area contributed by atoms with Gasteiger partial charge in [-0.3, -0.25) is 4.79 Å². The number of H-pyrrole nitrogens is 1. The van der Waals surface area contributed by atoms with Crippen LogP contribution in [0, 0.1) is 13.8 Å². The number of hydrogen-bond acceptors (Lipinski definition) is 4.